The molecule has 2 aromatic heterocycles. The van der Waals surface area contributed by atoms with Crippen LogP contribution in [0.25, 0.3) is 0 Å². The minimum Gasteiger partial charge on any atom is -0.483 e. The van der Waals surface area contributed by atoms with Gasteiger partial charge in [-0.2, -0.15) is 0 Å². The summed E-state index contributed by atoms with van der Waals surface area (Å²) in [6, 6.07) is 8.10. The third-order valence-electron chi connectivity index (χ3n) is 6.94. The molecule has 1 atom stereocenters. The number of hydrogen-bond donors (Lipinski definition) is 1. The molecule has 0 radical (unpaired) electrons. The Morgan fingerprint density at radius 2 is 1.90 bits per heavy atom. The van der Waals surface area contributed by atoms with Gasteiger partial charge in [-0.15, -0.1) is 28.1 Å². The van der Waals surface area contributed by atoms with E-state index in [4.69, 9.17) is 9.47 Å². The lowest BCUT2D eigenvalue weighted by Crippen LogP contribution is -2.17. The Bertz CT molecular complexity index is 1370. The van der Waals surface area contributed by atoms with E-state index < -0.39 is 0 Å². The molecule has 1 amide bonds. The number of aryl methyl sites for hydroxylation is 1. The highest BCUT2D eigenvalue weighted by atomic mass is 32.2. The number of rotatable bonds is 11. The molecule has 1 N–H and O–H groups in total. The molecule has 2 heterocycles. The van der Waals surface area contributed by atoms with E-state index in [1.807, 2.05) is 23.6 Å². The molecular formula is C31H40N4O4S2. The lowest BCUT2D eigenvalue weighted by molar-refractivity contribution is -0.113. The number of benzene rings is 1. The van der Waals surface area contributed by atoms with Crippen molar-refractivity contribution >= 4 is 40.0 Å². The standard InChI is InChI=1S/C31H40N4O4S2/c1-7-18-35-27(20(3)39-22-16-14-21(15-17-22)31(4,5)6)33-34-30(35)40-19-25(36)32-28-26(29(37)38-8-2)23-12-10-9-11-13-24(23)41-28/h7,14-17,20H,1,8-13,18-19H2,2-6H3,(H,32,36). The number of fused-ring (bicyclic) bond motifs is 1. The molecule has 0 aliphatic heterocycles. The summed E-state index contributed by atoms with van der Waals surface area (Å²) >= 11 is 2.79. The first-order valence-electron chi connectivity index (χ1n) is 14.2. The molecule has 41 heavy (non-hydrogen) atoms. The second-order valence-electron chi connectivity index (χ2n) is 11.1. The summed E-state index contributed by atoms with van der Waals surface area (Å²) in [5.41, 5.74) is 2.85. The molecule has 1 aromatic carbocycles. The average Bonchev–Trinajstić information content (AvgIpc) is 3.40. The van der Waals surface area contributed by atoms with Crippen LogP contribution in [0, 0.1) is 0 Å². The minimum atomic E-state index is -0.368. The van der Waals surface area contributed by atoms with Crippen LogP contribution < -0.4 is 10.1 Å². The highest BCUT2D eigenvalue weighted by Gasteiger charge is 2.27. The molecule has 8 nitrogen and oxygen atoms in total. The Morgan fingerprint density at radius 3 is 2.59 bits per heavy atom. The highest BCUT2D eigenvalue weighted by Crippen LogP contribution is 2.38. The van der Waals surface area contributed by atoms with Gasteiger partial charge in [-0.05, 0) is 68.2 Å². The maximum absolute atomic E-state index is 13.1. The van der Waals surface area contributed by atoms with Gasteiger partial charge in [-0.3, -0.25) is 9.36 Å². The van der Waals surface area contributed by atoms with Gasteiger partial charge in [0.15, 0.2) is 17.1 Å². The van der Waals surface area contributed by atoms with E-state index in [-0.39, 0.29) is 29.1 Å². The van der Waals surface area contributed by atoms with Crippen LogP contribution >= 0.6 is 23.1 Å². The molecule has 4 rings (SSSR count). The number of nitrogens with one attached hydrogen (secondary N) is 1. The molecule has 0 saturated carbocycles. The van der Waals surface area contributed by atoms with Crippen LogP contribution in [0.15, 0.2) is 42.1 Å². The molecule has 10 heteroatoms. The fraction of sp³-hybridized carbons (Fsp3) is 0.484. The maximum atomic E-state index is 13.1. The quantitative estimate of drug-likeness (QED) is 0.109. The fourth-order valence-electron chi connectivity index (χ4n) is 4.84. The van der Waals surface area contributed by atoms with Gasteiger partial charge in [0.1, 0.15) is 10.8 Å². The molecule has 3 aromatic rings. The normalized spacial score (nSPS) is 14.1. The van der Waals surface area contributed by atoms with Crippen molar-refractivity contribution in [3.63, 3.8) is 0 Å². The molecule has 0 spiro atoms. The van der Waals surface area contributed by atoms with Gasteiger partial charge in [0.2, 0.25) is 5.91 Å². The van der Waals surface area contributed by atoms with Crippen molar-refractivity contribution in [2.24, 2.45) is 0 Å². The summed E-state index contributed by atoms with van der Waals surface area (Å²) in [7, 11) is 0. The second-order valence-corrected chi connectivity index (χ2v) is 13.1. The van der Waals surface area contributed by atoms with Crippen LogP contribution in [0.2, 0.25) is 0 Å². The number of anilines is 1. The molecule has 220 valence electrons. The zero-order valence-electron chi connectivity index (χ0n) is 24.6. The first-order valence-corrected chi connectivity index (χ1v) is 16.0. The van der Waals surface area contributed by atoms with Gasteiger partial charge in [0.05, 0.1) is 17.9 Å². The van der Waals surface area contributed by atoms with Crippen molar-refractivity contribution in [1.82, 2.24) is 14.8 Å². The largest absolute Gasteiger partial charge is 0.483 e. The SMILES string of the molecule is C=CCn1c(SCC(=O)Nc2sc3c(c2C(=O)OCC)CCCCC3)nnc1C(C)Oc1ccc(C(C)(C)C)cc1. The molecule has 1 unspecified atom stereocenters. The number of thiophene rings is 1. The van der Waals surface area contributed by atoms with Crippen molar-refractivity contribution in [2.45, 2.75) is 89.9 Å². The van der Waals surface area contributed by atoms with Crippen molar-refractivity contribution < 1.29 is 19.1 Å². The van der Waals surface area contributed by atoms with Crippen LogP contribution in [-0.2, 0) is 34.3 Å². The lowest BCUT2D eigenvalue weighted by atomic mass is 9.87. The van der Waals surface area contributed by atoms with E-state index in [1.54, 1.807) is 13.0 Å². The van der Waals surface area contributed by atoms with Crippen LogP contribution in [-0.4, -0.2) is 39.0 Å². The first-order chi connectivity index (χ1) is 19.6. The number of hydrogen-bond acceptors (Lipinski definition) is 8. The Balaban J connectivity index is 1.45. The summed E-state index contributed by atoms with van der Waals surface area (Å²) in [4.78, 5) is 27.1. The number of amides is 1. The summed E-state index contributed by atoms with van der Waals surface area (Å²) < 4.78 is 13.4. The first kappa shape index (κ1) is 30.8. The molecule has 0 saturated heterocycles. The summed E-state index contributed by atoms with van der Waals surface area (Å²) in [6.07, 6.45) is 6.43. The molecule has 0 fully saturated rings. The van der Waals surface area contributed by atoms with Gasteiger partial charge in [0, 0.05) is 11.4 Å². The van der Waals surface area contributed by atoms with Crippen LogP contribution in [0.3, 0.4) is 0 Å². The average molecular weight is 597 g/mol. The van der Waals surface area contributed by atoms with Crippen LogP contribution in [0.4, 0.5) is 5.00 Å². The Morgan fingerprint density at radius 1 is 1.17 bits per heavy atom. The summed E-state index contributed by atoms with van der Waals surface area (Å²) in [6.45, 7) is 14.9. The topological polar surface area (TPSA) is 95.3 Å². The van der Waals surface area contributed by atoms with Gasteiger partial charge >= 0.3 is 5.97 Å². The molecule has 0 bridgehead atoms. The lowest BCUT2D eigenvalue weighted by Gasteiger charge is -2.20. The van der Waals surface area contributed by atoms with E-state index in [2.05, 4.69) is 55.0 Å². The highest BCUT2D eigenvalue weighted by molar-refractivity contribution is 7.99. The van der Waals surface area contributed by atoms with Gasteiger partial charge < -0.3 is 14.8 Å². The molecule has 1 aliphatic carbocycles. The maximum Gasteiger partial charge on any atom is 0.341 e. The van der Waals surface area contributed by atoms with Gasteiger partial charge in [0.25, 0.3) is 0 Å². The number of carbonyl (C=O) groups excluding carboxylic acids is 2. The number of nitrogens with zero attached hydrogens (tertiary/aromatic N) is 3. The number of thioether (sulfide) groups is 1. The number of ether oxygens (including phenoxy) is 2. The number of allylic oxidation sites excluding steroid dienone is 1. The third-order valence-corrected chi connectivity index (χ3v) is 9.11. The van der Waals surface area contributed by atoms with Crippen LogP contribution in [0.1, 0.15) is 92.2 Å². The van der Waals surface area contributed by atoms with Gasteiger partial charge in [-0.25, -0.2) is 4.79 Å². The summed E-state index contributed by atoms with van der Waals surface area (Å²) in [5.74, 6) is 0.935. The van der Waals surface area contributed by atoms with Gasteiger partial charge in [-0.1, -0.05) is 57.2 Å². The summed E-state index contributed by atoms with van der Waals surface area (Å²) in [5, 5.41) is 12.9. The van der Waals surface area contributed by atoms with Crippen molar-refractivity contribution in [3.05, 3.63) is 64.3 Å². The van der Waals surface area contributed by atoms with Crippen molar-refractivity contribution in [3.8, 4) is 5.75 Å². The number of esters is 1. The Labute approximate surface area is 250 Å². The van der Waals surface area contributed by atoms with E-state index in [1.165, 1.54) is 33.5 Å². The van der Waals surface area contributed by atoms with E-state index in [9.17, 15) is 9.59 Å². The zero-order chi connectivity index (χ0) is 29.6. The van der Waals surface area contributed by atoms with E-state index in [0.29, 0.717) is 34.7 Å². The second kappa shape index (κ2) is 13.7. The Kier molecular flexibility index (Phi) is 10.3. The smallest absolute Gasteiger partial charge is 0.341 e. The Hall–Kier alpha value is -3.11. The number of aromatic nitrogens is 3. The fourth-order valence-corrected chi connectivity index (χ4v) is 6.89. The number of carbonyl (C=O) groups is 2. The van der Waals surface area contributed by atoms with E-state index in [0.717, 1.165) is 43.4 Å². The third kappa shape index (κ3) is 7.60. The minimum absolute atomic E-state index is 0.0648. The predicted octanol–water partition coefficient (Wildman–Crippen LogP) is 7.14. The van der Waals surface area contributed by atoms with Crippen LogP contribution in [0.5, 0.6) is 5.75 Å². The molecular weight excluding hydrogens is 556 g/mol. The monoisotopic (exact) mass is 596 g/mol. The zero-order valence-corrected chi connectivity index (χ0v) is 26.3. The van der Waals surface area contributed by atoms with E-state index >= 15 is 0 Å². The van der Waals surface area contributed by atoms with Crippen molar-refractivity contribution in [1.29, 1.82) is 0 Å². The molecule has 1 aliphatic rings. The van der Waals surface area contributed by atoms with Crippen molar-refractivity contribution in [2.75, 3.05) is 17.7 Å². The predicted molar refractivity (Wildman–Crippen MR) is 165 cm³/mol.